The van der Waals surface area contributed by atoms with Gasteiger partial charge in [-0.3, -0.25) is 4.79 Å². The first kappa shape index (κ1) is 15.1. The Morgan fingerprint density at radius 1 is 1.44 bits per heavy atom. The molecule has 1 aromatic rings. The van der Waals surface area contributed by atoms with E-state index in [1.165, 1.54) is 17.6 Å². The summed E-state index contributed by atoms with van der Waals surface area (Å²) in [4.78, 5) is 15.6. The van der Waals surface area contributed by atoms with Gasteiger partial charge in [-0.25, -0.2) is 13.4 Å². The van der Waals surface area contributed by atoms with Crippen molar-refractivity contribution in [2.24, 2.45) is 0 Å². The summed E-state index contributed by atoms with van der Waals surface area (Å²) >= 11 is 1.33. The van der Waals surface area contributed by atoms with Gasteiger partial charge in [-0.2, -0.15) is 0 Å². The summed E-state index contributed by atoms with van der Waals surface area (Å²) in [5.74, 6) is -0.328. The van der Waals surface area contributed by atoms with E-state index < -0.39 is 14.6 Å². The largest absolute Gasteiger partial charge is 0.349 e. The van der Waals surface area contributed by atoms with E-state index in [1.54, 1.807) is 10.9 Å². The molecule has 0 aromatic carbocycles. The van der Waals surface area contributed by atoms with E-state index in [2.05, 4.69) is 10.3 Å². The Hall–Kier alpha value is -0.950. The second-order valence-corrected chi connectivity index (χ2v) is 7.35. The quantitative estimate of drug-likeness (QED) is 0.861. The van der Waals surface area contributed by atoms with Gasteiger partial charge in [0.2, 0.25) is 0 Å². The van der Waals surface area contributed by atoms with Gasteiger partial charge in [-0.15, -0.1) is 11.3 Å². The Morgan fingerprint density at radius 2 is 2.06 bits per heavy atom. The normalized spacial score (nSPS) is 12.4. The molecule has 0 unspecified atom stereocenters. The van der Waals surface area contributed by atoms with Gasteiger partial charge < -0.3 is 5.32 Å². The predicted octanol–water partition coefficient (Wildman–Crippen LogP) is 1.48. The third-order valence-corrected chi connectivity index (χ3v) is 6.19. The lowest BCUT2D eigenvalue weighted by molar-refractivity contribution is 0.0944. The van der Waals surface area contributed by atoms with Gasteiger partial charge in [0.1, 0.15) is 5.69 Å². The Kier molecular flexibility index (Phi) is 4.86. The number of hydrogen-bond donors (Lipinski definition) is 1. The fraction of sp³-hybridized carbons (Fsp3) is 0.636. The van der Waals surface area contributed by atoms with Crippen LogP contribution in [-0.4, -0.2) is 36.9 Å². The van der Waals surface area contributed by atoms with Gasteiger partial charge in [0, 0.05) is 18.2 Å². The molecular formula is C11H18N2O3S2. The van der Waals surface area contributed by atoms with Crippen molar-refractivity contribution in [2.45, 2.75) is 31.4 Å². The highest BCUT2D eigenvalue weighted by atomic mass is 32.2. The maximum atomic E-state index is 11.8. The predicted molar refractivity (Wildman–Crippen MR) is 72.6 cm³/mol. The van der Waals surface area contributed by atoms with Crippen molar-refractivity contribution >= 4 is 27.1 Å². The van der Waals surface area contributed by atoms with Gasteiger partial charge >= 0.3 is 0 Å². The summed E-state index contributed by atoms with van der Waals surface area (Å²) < 4.78 is 22.8. The van der Waals surface area contributed by atoms with Crippen LogP contribution in [0, 0.1) is 0 Å². The second-order valence-electron chi connectivity index (χ2n) is 4.22. The molecule has 0 fully saturated rings. The fourth-order valence-electron chi connectivity index (χ4n) is 1.81. The molecule has 0 aliphatic heterocycles. The summed E-state index contributed by atoms with van der Waals surface area (Å²) in [5, 5.41) is 4.29. The fourth-order valence-corrected chi connectivity index (χ4v) is 3.73. The average Bonchev–Trinajstić information content (AvgIpc) is 2.82. The zero-order valence-electron chi connectivity index (χ0n) is 10.8. The molecule has 0 atom stereocenters. The summed E-state index contributed by atoms with van der Waals surface area (Å²) in [7, 11) is -3.22. The minimum Gasteiger partial charge on any atom is -0.349 e. The lowest BCUT2D eigenvalue weighted by Crippen LogP contribution is -2.47. The maximum absolute atomic E-state index is 11.8. The zero-order valence-corrected chi connectivity index (χ0v) is 12.4. The van der Waals surface area contributed by atoms with Crippen LogP contribution in [0.4, 0.5) is 0 Å². The molecule has 1 aromatic heterocycles. The number of nitrogens with zero attached hydrogens (tertiary/aromatic N) is 1. The topological polar surface area (TPSA) is 76.1 Å². The first-order chi connectivity index (χ1) is 8.36. The van der Waals surface area contributed by atoms with Crippen LogP contribution in [0.5, 0.6) is 0 Å². The molecule has 7 heteroatoms. The van der Waals surface area contributed by atoms with Gasteiger partial charge in [0.15, 0.2) is 9.84 Å². The molecular weight excluding hydrogens is 272 g/mol. The minimum absolute atomic E-state index is 0.120. The van der Waals surface area contributed by atoms with Crippen molar-refractivity contribution < 1.29 is 13.2 Å². The lowest BCUT2D eigenvalue weighted by atomic mass is 10.0. The molecule has 18 heavy (non-hydrogen) atoms. The molecule has 102 valence electrons. The molecule has 0 bridgehead atoms. The number of nitrogens with one attached hydrogen (secondary N) is 1. The number of hydrogen-bond acceptors (Lipinski definition) is 5. The second kappa shape index (κ2) is 5.79. The highest BCUT2D eigenvalue weighted by molar-refractivity contribution is 7.92. The Morgan fingerprint density at radius 3 is 2.44 bits per heavy atom. The van der Waals surface area contributed by atoms with E-state index in [0.717, 1.165) is 0 Å². The third-order valence-electron chi connectivity index (χ3n) is 3.31. The number of carbonyl (C=O) groups is 1. The van der Waals surface area contributed by atoms with E-state index in [1.807, 2.05) is 13.8 Å². The van der Waals surface area contributed by atoms with E-state index in [9.17, 15) is 13.2 Å². The SMILES string of the molecule is CCC(CC)(CNC(=O)c1cscn1)S(C)(=O)=O. The van der Waals surface area contributed by atoms with Crippen LogP contribution >= 0.6 is 11.3 Å². The van der Waals surface area contributed by atoms with Gasteiger partial charge in [0.05, 0.1) is 10.3 Å². The van der Waals surface area contributed by atoms with Crippen LogP contribution in [0.3, 0.4) is 0 Å². The summed E-state index contributed by atoms with van der Waals surface area (Å²) in [6.07, 6.45) is 2.16. The van der Waals surface area contributed by atoms with E-state index in [0.29, 0.717) is 18.5 Å². The van der Waals surface area contributed by atoms with Gasteiger partial charge in [-0.05, 0) is 12.8 Å². The average molecular weight is 290 g/mol. The maximum Gasteiger partial charge on any atom is 0.270 e. The molecule has 1 N–H and O–H groups in total. The van der Waals surface area contributed by atoms with Crippen molar-refractivity contribution in [1.29, 1.82) is 0 Å². The summed E-state index contributed by atoms with van der Waals surface area (Å²) in [6, 6.07) is 0. The van der Waals surface area contributed by atoms with Crippen LogP contribution in [-0.2, 0) is 9.84 Å². The molecule has 0 saturated heterocycles. The van der Waals surface area contributed by atoms with Crippen LogP contribution in [0.25, 0.3) is 0 Å². The van der Waals surface area contributed by atoms with Crippen molar-refractivity contribution in [3.05, 3.63) is 16.6 Å². The lowest BCUT2D eigenvalue weighted by Gasteiger charge is -2.29. The van der Waals surface area contributed by atoms with Gasteiger partial charge in [0.25, 0.3) is 5.91 Å². The molecule has 5 nitrogen and oxygen atoms in total. The molecule has 0 aliphatic rings. The number of aromatic nitrogens is 1. The van der Waals surface area contributed by atoms with E-state index in [-0.39, 0.29) is 12.5 Å². The van der Waals surface area contributed by atoms with Crippen molar-refractivity contribution in [3.8, 4) is 0 Å². The van der Waals surface area contributed by atoms with E-state index >= 15 is 0 Å². The Labute approximate surface area is 112 Å². The van der Waals surface area contributed by atoms with E-state index in [4.69, 9.17) is 0 Å². The molecule has 0 spiro atoms. The molecule has 1 rings (SSSR count). The minimum atomic E-state index is -3.22. The Balaban J connectivity index is 2.79. The third kappa shape index (κ3) is 3.08. The number of amides is 1. The number of carbonyl (C=O) groups excluding carboxylic acids is 1. The highest BCUT2D eigenvalue weighted by Gasteiger charge is 2.37. The summed E-state index contributed by atoms with van der Waals surface area (Å²) in [6.45, 7) is 3.76. The zero-order chi connectivity index (χ0) is 13.8. The molecule has 1 amide bonds. The number of thiazole rings is 1. The Bertz CT molecular complexity index is 490. The van der Waals surface area contributed by atoms with Crippen molar-refractivity contribution in [2.75, 3.05) is 12.8 Å². The highest BCUT2D eigenvalue weighted by Crippen LogP contribution is 2.24. The monoisotopic (exact) mass is 290 g/mol. The van der Waals surface area contributed by atoms with Crippen LogP contribution < -0.4 is 5.32 Å². The molecule has 0 radical (unpaired) electrons. The van der Waals surface area contributed by atoms with Crippen LogP contribution in [0.2, 0.25) is 0 Å². The van der Waals surface area contributed by atoms with Crippen molar-refractivity contribution in [1.82, 2.24) is 10.3 Å². The van der Waals surface area contributed by atoms with Crippen LogP contribution in [0.1, 0.15) is 37.2 Å². The van der Waals surface area contributed by atoms with Gasteiger partial charge in [-0.1, -0.05) is 13.8 Å². The standard InChI is InChI=1S/C11H18N2O3S2/c1-4-11(5-2,18(3,15)16)7-12-10(14)9-6-17-8-13-9/h6,8H,4-5,7H2,1-3H3,(H,12,14). The number of sulfone groups is 1. The van der Waals surface area contributed by atoms with Crippen LogP contribution in [0.15, 0.2) is 10.9 Å². The molecule has 0 aliphatic carbocycles. The number of rotatable bonds is 6. The first-order valence-electron chi connectivity index (χ1n) is 5.72. The first-order valence-corrected chi connectivity index (χ1v) is 8.55. The van der Waals surface area contributed by atoms with Crippen molar-refractivity contribution in [3.63, 3.8) is 0 Å². The smallest absolute Gasteiger partial charge is 0.270 e. The molecule has 1 heterocycles. The molecule has 0 saturated carbocycles. The summed E-state index contributed by atoms with van der Waals surface area (Å²) in [5.41, 5.74) is 1.90.